The van der Waals surface area contributed by atoms with Crippen molar-refractivity contribution in [2.45, 2.75) is 18.7 Å². The van der Waals surface area contributed by atoms with Gasteiger partial charge in [0.1, 0.15) is 11.6 Å². The second-order valence-electron chi connectivity index (χ2n) is 6.21. The van der Waals surface area contributed by atoms with Gasteiger partial charge < -0.3 is 5.32 Å². The summed E-state index contributed by atoms with van der Waals surface area (Å²) in [6.07, 6.45) is 1.37. The van der Waals surface area contributed by atoms with Gasteiger partial charge in [-0.15, -0.1) is 0 Å². The molecule has 0 bridgehead atoms. The molecule has 8 heteroatoms. The van der Waals surface area contributed by atoms with Crippen LogP contribution in [0.3, 0.4) is 0 Å². The maximum atomic E-state index is 13.4. The van der Waals surface area contributed by atoms with E-state index in [9.17, 15) is 17.6 Å². The molecule has 0 radical (unpaired) electrons. The minimum absolute atomic E-state index is 0.0327. The van der Waals surface area contributed by atoms with Crippen molar-refractivity contribution >= 4 is 33.0 Å². The zero-order chi connectivity index (χ0) is 20.3. The molecule has 0 aliphatic carbocycles. The Morgan fingerprint density at radius 3 is 2.46 bits per heavy atom. The molecule has 0 atom stereocenters. The average Bonchev–Trinajstić information content (AvgIpc) is 2.65. The van der Waals surface area contributed by atoms with Gasteiger partial charge in [0.15, 0.2) is 5.78 Å². The predicted octanol–water partition coefficient (Wildman–Crippen LogP) is 4.28. The normalized spacial score (nSPS) is 11.1. The van der Waals surface area contributed by atoms with E-state index in [1.807, 2.05) is 0 Å². The first-order valence-electron chi connectivity index (χ1n) is 8.38. The van der Waals surface area contributed by atoms with Crippen molar-refractivity contribution in [1.82, 2.24) is 4.98 Å². The number of halogens is 1. The van der Waals surface area contributed by atoms with Gasteiger partial charge >= 0.3 is 0 Å². The van der Waals surface area contributed by atoms with E-state index in [1.54, 1.807) is 36.4 Å². The summed E-state index contributed by atoms with van der Waals surface area (Å²) in [6, 6.07) is 13.7. The molecule has 3 rings (SSSR count). The van der Waals surface area contributed by atoms with Crippen LogP contribution in [-0.2, 0) is 10.0 Å². The summed E-state index contributed by atoms with van der Waals surface area (Å²) in [5, 5.41) is 3.05. The molecule has 3 aromatic rings. The Kier molecular flexibility index (Phi) is 5.41. The highest BCUT2D eigenvalue weighted by Crippen LogP contribution is 2.21. The van der Waals surface area contributed by atoms with E-state index in [0.717, 1.165) is 6.07 Å². The maximum absolute atomic E-state index is 13.4. The third-order valence-corrected chi connectivity index (χ3v) is 5.38. The fourth-order valence-corrected chi connectivity index (χ4v) is 3.62. The molecule has 6 nitrogen and oxygen atoms in total. The molecule has 144 valence electrons. The standard InChI is InChI=1S/C20H18FN3O3S/c1-13-10-18(7-8-19(13)21)28(26,27)24-17-6-9-20(22-12-17)23-16-5-3-4-15(11-16)14(2)25/h3-12,24H,1-2H3,(H,22,23). The van der Waals surface area contributed by atoms with Gasteiger partial charge in [-0.2, -0.15) is 0 Å². The summed E-state index contributed by atoms with van der Waals surface area (Å²) in [5.41, 5.74) is 1.78. The lowest BCUT2D eigenvalue weighted by molar-refractivity contribution is 0.101. The minimum atomic E-state index is -3.85. The number of ketones is 1. The number of sulfonamides is 1. The van der Waals surface area contributed by atoms with E-state index in [-0.39, 0.29) is 21.9 Å². The van der Waals surface area contributed by atoms with E-state index in [2.05, 4.69) is 15.0 Å². The number of aryl methyl sites for hydroxylation is 1. The number of hydrogen-bond acceptors (Lipinski definition) is 5. The van der Waals surface area contributed by atoms with Crippen LogP contribution < -0.4 is 10.0 Å². The lowest BCUT2D eigenvalue weighted by atomic mass is 10.1. The fraction of sp³-hybridized carbons (Fsp3) is 0.100. The number of Topliss-reactive ketones (excluding diaryl/α,β-unsaturated/α-hetero) is 1. The van der Waals surface area contributed by atoms with Crippen molar-refractivity contribution in [2.24, 2.45) is 0 Å². The Hall–Kier alpha value is -3.26. The number of pyridine rings is 1. The number of nitrogens with one attached hydrogen (secondary N) is 2. The van der Waals surface area contributed by atoms with E-state index < -0.39 is 15.8 Å². The lowest BCUT2D eigenvalue weighted by Gasteiger charge is -2.10. The van der Waals surface area contributed by atoms with Crippen LogP contribution in [0.2, 0.25) is 0 Å². The predicted molar refractivity (Wildman–Crippen MR) is 106 cm³/mol. The molecule has 0 saturated heterocycles. The maximum Gasteiger partial charge on any atom is 0.261 e. The summed E-state index contributed by atoms with van der Waals surface area (Å²) in [6.45, 7) is 2.98. The number of benzene rings is 2. The zero-order valence-electron chi connectivity index (χ0n) is 15.2. The molecular weight excluding hydrogens is 381 g/mol. The number of aromatic nitrogens is 1. The molecule has 0 aliphatic rings. The summed E-state index contributed by atoms with van der Waals surface area (Å²) in [7, 11) is -3.85. The number of rotatable bonds is 6. The number of anilines is 3. The van der Waals surface area contributed by atoms with Crippen LogP contribution in [0.1, 0.15) is 22.8 Å². The highest BCUT2D eigenvalue weighted by Gasteiger charge is 2.15. The Balaban J connectivity index is 1.74. The van der Waals surface area contributed by atoms with Crippen molar-refractivity contribution in [1.29, 1.82) is 0 Å². The number of carbonyl (C=O) groups excluding carboxylic acids is 1. The van der Waals surface area contributed by atoms with Gasteiger partial charge in [-0.3, -0.25) is 9.52 Å². The minimum Gasteiger partial charge on any atom is -0.340 e. The van der Waals surface area contributed by atoms with Gasteiger partial charge in [0.25, 0.3) is 10.0 Å². The number of hydrogen-bond donors (Lipinski definition) is 2. The second kappa shape index (κ2) is 7.77. The van der Waals surface area contributed by atoms with E-state index in [1.165, 1.54) is 32.2 Å². The van der Waals surface area contributed by atoms with Crippen molar-refractivity contribution in [3.8, 4) is 0 Å². The number of nitrogens with zero attached hydrogens (tertiary/aromatic N) is 1. The smallest absolute Gasteiger partial charge is 0.261 e. The molecule has 2 N–H and O–H groups in total. The van der Waals surface area contributed by atoms with Gasteiger partial charge in [-0.05, 0) is 61.9 Å². The summed E-state index contributed by atoms with van der Waals surface area (Å²) in [5.74, 6) is -0.0245. The molecule has 1 heterocycles. The van der Waals surface area contributed by atoms with Crippen molar-refractivity contribution in [3.63, 3.8) is 0 Å². The van der Waals surface area contributed by atoms with E-state index in [0.29, 0.717) is 17.1 Å². The van der Waals surface area contributed by atoms with Gasteiger partial charge in [-0.25, -0.2) is 17.8 Å². The Morgan fingerprint density at radius 1 is 1.04 bits per heavy atom. The molecular formula is C20H18FN3O3S. The molecule has 0 saturated carbocycles. The summed E-state index contributed by atoms with van der Waals surface area (Å²) in [4.78, 5) is 15.6. The topological polar surface area (TPSA) is 88.2 Å². The Morgan fingerprint density at radius 2 is 1.82 bits per heavy atom. The average molecular weight is 399 g/mol. The lowest BCUT2D eigenvalue weighted by Crippen LogP contribution is -2.13. The molecule has 2 aromatic carbocycles. The van der Waals surface area contributed by atoms with Crippen LogP contribution in [-0.4, -0.2) is 19.2 Å². The molecule has 0 spiro atoms. The third kappa shape index (κ3) is 4.52. The zero-order valence-corrected chi connectivity index (χ0v) is 16.0. The van der Waals surface area contributed by atoms with Gasteiger partial charge in [-0.1, -0.05) is 12.1 Å². The van der Waals surface area contributed by atoms with Gasteiger partial charge in [0, 0.05) is 11.3 Å². The van der Waals surface area contributed by atoms with Crippen LogP contribution in [0, 0.1) is 12.7 Å². The number of carbonyl (C=O) groups is 1. The fourth-order valence-electron chi connectivity index (χ4n) is 2.49. The van der Waals surface area contributed by atoms with Crippen LogP contribution in [0.5, 0.6) is 0 Å². The second-order valence-corrected chi connectivity index (χ2v) is 7.89. The first-order valence-corrected chi connectivity index (χ1v) is 9.86. The quantitative estimate of drug-likeness (QED) is 0.604. The first kappa shape index (κ1) is 19.5. The Labute approximate surface area is 162 Å². The summed E-state index contributed by atoms with van der Waals surface area (Å²) < 4.78 is 40.6. The first-order chi connectivity index (χ1) is 13.2. The highest BCUT2D eigenvalue weighted by atomic mass is 32.2. The Bertz CT molecular complexity index is 1130. The van der Waals surface area contributed by atoms with Crippen molar-refractivity contribution in [2.75, 3.05) is 10.0 Å². The van der Waals surface area contributed by atoms with E-state index >= 15 is 0 Å². The molecule has 28 heavy (non-hydrogen) atoms. The monoisotopic (exact) mass is 399 g/mol. The molecule has 0 fully saturated rings. The summed E-state index contributed by atoms with van der Waals surface area (Å²) >= 11 is 0. The molecule has 0 aliphatic heterocycles. The van der Waals surface area contributed by atoms with E-state index in [4.69, 9.17) is 0 Å². The van der Waals surface area contributed by atoms with Crippen LogP contribution in [0.4, 0.5) is 21.6 Å². The molecule has 0 amide bonds. The SMILES string of the molecule is CC(=O)c1cccc(Nc2ccc(NS(=O)(=O)c3ccc(F)c(C)c3)cn2)c1. The largest absolute Gasteiger partial charge is 0.340 e. The van der Waals surface area contributed by atoms with Crippen molar-refractivity contribution < 1.29 is 17.6 Å². The highest BCUT2D eigenvalue weighted by molar-refractivity contribution is 7.92. The van der Waals surface area contributed by atoms with Crippen LogP contribution in [0.25, 0.3) is 0 Å². The van der Waals surface area contributed by atoms with Gasteiger partial charge in [0.05, 0.1) is 16.8 Å². The van der Waals surface area contributed by atoms with Crippen molar-refractivity contribution in [3.05, 3.63) is 77.7 Å². The van der Waals surface area contributed by atoms with Crippen LogP contribution in [0.15, 0.2) is 65.7 Å². The molecule has 1 aromatic heterocycles. The van der Waals surface area contributed by atoms with Gasteiger partial charge in [0.2, 0.25) is 0 Å². The third-order valence-electron chi connectivity index (χ3n) is 4.00. The van der Waals surface area contributed by atoms with Crippen LogP contribution >= 0.6 is 0 Å². The molecule has 0 unspecified atom stereocenters.